The van der Waals surface area contributed by atoms with Crippen LogP contribution in [0.3, 0.4) is 0 Å². The Bertz CT molecular complexity index is 812. The zero-order chi connectivity index (χ0) is 19.0. The van der Waals surface area contributed by atoms with Crippen LogP contribution in [0, 0.1) is 32.2 Å². The van der Waals surface area contributed by atoms with Crippen molar-refractivity contribution in [1.29, 1.82) is 5.26 Å². The van der Waals surface area contributed by atoms with Crippen LogP contribution in [-0.4, -0.2) is 11.4 Å². The standard InChI is InChI=1S/C18H19N3S.2ClH.Fe/c1-11-8-12(2)18(13(3)9-11)21-15(5)17-7-6-16(22-17)14(4)20-10-19;;;/h6-9H,1-5H3;2*1H;/q;;;+2/p-2. The molecule has 0 aliphatic carbocycles. The Morgan fingerprint density at radius 1 is 1.04 bits per heavy atom. The third-order valence-corrected chi connectivity index (χ3v) is 4.75. The molecule has 3 nitrogen and oxygen atoms in total. The van der Waals surface area contributed by atoms with Crippen molar-refractivity contribution in [3.05, 3.63) is 50.7 Å². The molecule has 0 atom stereocenters. The Labute approximate surface area is 168 Å². The van der Waals surface area contributed by atoms with Crippen LogP contribution in [0.2, 0.25) is 0 Å². The van der Waals surface area contributed by atoms with Crippen LogP contribution < -0.4 is 0 Å². The van der Waals surface area contributed by atoms with Crippen molar-refractivity contribution in [2.24, 2.45) is 9.98 Å². The van der Waals surface area contributed by atoms with Gasteiger partial charge in [-0.15, -0.1) is 11.3 Å². The van der Waals surface area contributed by atoms with Crippen molar-refractivity contribution >= 4 is 48.6 Å². The van der Waals surface area contributed by atoms with Gasteiger partial charge >= 0.3 is 33.3 Å². The molecule has 2 aromatic rings. The molecule has 0 amide bonds. The second-order valence-electron chi connectivity index (χ2n) is 5.46. The minimum absolute atomic E-state index is 0.194. The van der Waals surface area contributed by atoms with E-state index in [1.165, 1.54) is 16.7 Å². The van der Waals surface area contributed by atoms with Crippen LogP contribution >= 0.6 is 31.5 Å². The van der Waals surface area contributed by atoms with Gasteiger partial charge in [-0.3, -0.25) is 4.99 Å². The van der Waals surface area contributed by atoms with E-state index in [1.54, 1.807) is 11.3 Å². The second kappa shape index (κ2) is 10.8. The van der Waals surface area contributed by atoms with Gasteiger partial charge in [-0.2, -0.15) is 10.3 Å². The molecule has 0 unspecified atom stereocenters. The summed E-state index contributed by atoms with van der Waals surface area (Å²) < 4.78 is 0. The van der Waals surface area contributed by atoms with E-state index >= 15 is 0 Å². The summed E-state index contributed by atoms with van der Waals surface area (Å²) >= 11 is 1.80. The molecule has 0 saturated heterocycles. The van der Waals surface area contributed by atoms with E-state index in [4.69, 9.17) is 30.5 Å². The molecule has 1 heterocycles. The van der Waals surface area contributed by atoms with E-state index in [1.807, 2.05) is 32.2 Å². The molecule has 0 aliphatic heterocycles. The first-order chi connectivity index (χ1) is 11.8. The molecule has 1 aromatic heterocycles. The van der Waals surface area contributed by atoms with Crippen LogP contribution in [0.4, 0.5) is 5.69 Å². The SMILES string of the molecule is CC(=NC#N)c1ccc(C(C)=Nc2c(C)cc(C)cc2C)s1.[Cl][Fe][Cl]. The molecule has 2 rings (SSSR count). The maximum absolute atomic E-state index is 8.64. The van der Waals surface area contributed by atoms with E-state index in [-0.39, 0.29) is 13.1 Å². The van der Waals surface area contributed by atoms with Crippen molar-refractivity contribution in [3.63, 3.8) is 0 Å². The van der Waals surface area contributed by atoms with E-state index in [0.29, 0.717) is 0 Å². The molecule has 0 N–H and O–H groups in total. The molecule has 0 saturated carbocycles. The fourth-order valence-corrected chi connectivity index (χ4v) is 3.32. The fourth-order valence-electron chi connectivity index (χ4n) is 2.43. The van der Waals surface area contributed by atoms with Crippen LogP contribution in [-0.2, 0) is 13.1 Å². The van der Waals surface area contributed by atoms with Crippen molar-refractivity contribution in [2.45, 2.75) is 34.6 Å². The van der Waals surface area contributed by atoms with Gasteiger partial charge in [0.25, 0.3) is 0 Å². The number of hydrogen-bond donors (Lipinski definition) is 0. The molecule has 0 aliphatic rings. The Kier molecular flexibility index (Phi) is 9.42. The molecular weight excluding hydrogens is 417 g/mol. The Balaban J connectivity index is 0.000000970. The van der Waals surface area contributed by atoms with Crippen molar-refractivity contribution in [1.82, 2.24) is 0 Å². The summed E-state index contributed by atoms with van der Waals surface area (Å²) in [6.07, 6.45) is 1.83. The number of hydrogen-bond acceptors (Lipinski definition) is 4. The van der Waals surface area contributed by atoms with Gasteiger partial charge in [0.2, 0.25) is 6.19 Å². The van der Waals surface area contributed by atoms with Crippen LogP contribution in [0.25, 0.3) is 0 Å². The third kappa shape index (κ3) is 6.58. The van der Waals surface area contributed by atoms with E-state index in [0.717, 1.165) is 26.9 Å². The van der Waals surface area contributed by atoms with Gasteiger partial charge in [-0.05, 0) is 57.9 Å². The Hall–Kier alpha value is -1.15. The summed E-state index contributed by atoms with van der Waals surface area (Å²) in [5.41, 5.74) is 6.41. The summed E-state index contributed by atoms with van der Waals surface area (Å²) in [6, 6.07) is 8.34. The number of halogens is 2. The van der Waals surface area contributed by atoms with E-state index in [9.17, 15) is 0 Å². The summed E-state index contributed by atoms with van der Waals surface area (Å²) in [5, 5.41) is 8.64. The van der Waals surface area contributed by atoms with Crippen LogP contribution in [0.5, 0.6) is 0 Å². The fraction of sp³-hybridized carbons (Fsp3) is 0.278. The molecule has 0 spiro atoms. The zero-order valence-corrected chi connectivity index (χ0v) is 18.1. The summed E-state index contributed by atoms with van der Waals surface area (Å²) in [5.74, 6) is 0. The van der Waals surface area contributed by atoms with Crippen molar-refractivity contribution < 1.29 is 13.1 Å². The van der Waals surface area contributed by atoms with Gasteiger partial charge in [0, 0.05) is 9.75 Å². The van der Waals surface area contributed by atoms with Gasteiger partial charge < -0.3 is 0 Å². The average molecular weight is 436 g/mol. The normalized spacial score (nSPS) is 11.8. The number of thiophene rings is 1. The summed E-state index contributed by atoms with van der Waals surface area (Å²) in [7, 11) is 9.53. The average Bonchev–Trinajstić information content (AvgIpc) is 3.02. The van der Waals surface area contributed by atoms with Crippen molar-refractivity contribution in [3.8, 4) is 6.19 Å². The maximum atomic E-state index is 8.64. The monoisotopic (exact) mass is 435 g/mol. The summed E-state index contributed by atoms with van der Waals surface area (Å²) in [4.78, 5) is 10.7. The quantitative estimate of drug-likeness (QED) is 0.309. The Morgan fingerprint density at radius 3 is 2.00 bits per heavy atom. The van der Waals surface area contributed by atoms with Crippen molar-refractivity contribution in [2.75, 3.05) is 0 Å². The molecule has 0 bridgehead atoms. The number of nitrogens with zero attached hydrogens (tertiary/aromatic N) is 3. The molecule has 7 heteroatoms. The van der Waals surface area contributed by atoms with Crippen LogP contribution in [0.1, 0.15) is 40.3 Å². The second-order valence-corrected chi connectivity index (χ2v) is 8.36. The van der Waals surface area contributed by atoms with Gasteiger partial charge in [-0.1, -0.05) is 17.7 Å². The first-order valence-electron chi connectivity index (χ1n) is 7.36. The Morgan fingerprint density at radius 2 is 1.52 bits per heavy atom. The van der Waals surface area contributed by atoms with Gasteiger partial charge in [0.15, 0.2) is 0 Å². The molecule has 134 valence electrons. The first-order valence-corrected chi connectivity index (χ1v) is 11.2. The number of rotatable bonds is 3. The minimum atomic E-state index is 0.194. The predicted molar refractivity (Wildman–Crippen MR) is 106 cm³/mol. The first kappa shape index (κ1) is 21.9. The van der Waals surface area contributed by atoms with Crippen LogP contribution in [0.15, 0.2) is 34.3 Å². The number of aliphatic imine (C=N–C) groups is 2. The predicted octanol–water partition coefficient (Wildman–Crippen LogP) is 6.48. The summed E-state index contributed by atoms with van der Waals surface area (Å²) in [6.45, 7) is 10.2. The number of nitriles is 1. The van der Waals surface area contributed by atoms with Gasteiger partial charge in [0.1, 0.15) is 0 Å². The molecule has 1 aromatic carbocycles. The van der Waals surface area contributed by atoms with E-state index < -0.39 is 0 Å². The van der Waals surface area contributed by atoms with Gasteiger partial charge in [0.05, 0.1) is 17.1 Å². The number of benzene rings is 1. The zero-order valence-electron chi connectivity index (χ0n) is 14.7. The third-order valence-electron chi connectivity index (χ3n) is 3.45. The molecule has 0 fully saturated rings. The molecule has 0 radical (unpaired) electrons. The number of aryl methyl sites for hydroxylation is 3. The topological polar surface area (TPSA) is 48.5 Å². The molecular formula is C18H19Cl2FeN3S. The van der Waals surface area contributed by atoms with Gasteiger partial charge in [-0.25, -0.2) is 0 Å². The van der Waals surface area contributed by atoms with E-state index in [2.05, 4.69) is 37.9 Å². The molecule has 25 heavy (non-hydrogen) atoms.